The molecule has 2 N–H and O–H groups in total. The van der Waals surface area contributed by atoms with Crippen molar-refractivity contribution in [3.8, 4) is 5.82 Å². The molecule has 2 amide bonds. The molecule has 4 heterocycles. The highest BCUT2D eigenvalue weighted by molar-refractivity contribution is 6.29. The van der Waals surface area contributed by atoms with Gasteiger partial charge in [-0.2, -0.15) is 28.5 Å². The Hall–Kier alpha value is -3.78. The number of anilines is 2. The van der Waals surface area contributed by atoms with Gasteiger partial charge in [0.25, 0.3) is 0 Å². The number of carbonyl (C=O) groups is 1. The summed E-state index contributed by atoms with van der Waals surface area (Å²) in [4.78, 5) is 23.7. The molecule has 15 heteroatoms. The fourth-order valence-corrected chi connectivity index (χ4v) is 4.14. The molecule has 1 aliphatic rings. The molecule has 1 aliphatic carbocycles. The van der Waals surface area contributed by atoms with E-state index in [9.17, 15) is 18.0 Å². The Morgan fingerprint density at radius 3 is 2.46 bits per heavy atom. The maximum Gasteiger partial charge on any atom is 0.420 e. The third-order valence-corrected chi connectivity index (χ3v) is 5.95. The summed E-state index contributed by atoms with van der Waals surface area (Å²) >= 11 is 6.08. The van der Waals surface area contributed by atoms with Crippen LogP contribution >= 0.6 is 11.6 Å². The first-order valence-corrected chi connectivity index (χ1v) is 10.7. The number of pyridine rings is 1. The standard InChI is InChI=1S/C20H18ClF3N10O/c1-32(2)19(3-4-19)16-13(10-25-15-8-14(21)31-33(15)16)30-18(35)29-11-7-12(20(22,23)24)17(26-9-11)34-27-5-6-28-34/h5-10H,3-4H2,1-2H3,(H2,29,30,35). The van der Waals surface area contributed by atoms with Gasteiger partial charge in [-0.05, 0) is 33.0 Å². The van der Waals surface area contributed by atoms with E-state index in [1.165, 1.54) is 18.6 Å². The number of alkyl halides is 3. The molecule has 35 heavy (non-hydrogen) atoms. The Morgan fingerprint density at radius 2 is 1.83 bits per heavy atom. The van der Waals surface area contributed by atoms with E-state index in [1.54, 1.807) is 10.6 Å². The average molecular weight is 507 g/mol. The van der Waals surface area contributed by atoms with Crippen molar-refractivity contribution in [3.63, 3.8) is 0 Å². The number of carbonyl (C=O) groups excluding carboxylic acids is 1. The molecule has 0 bridgehead atoms. The van der Waals surface area contributed by atoms with Crippen LogP contribution in [0.4, 0.5) is 29.3 Å². The predicted octanol–water partition coefficient (Wildman–Crippen LogP) is 3.57. The van der Waals surface area contributed by atoms with E-state index < -0.39 is 29.1 Å². The third-order valence-electron chi connectivity index (χ3n) is 5.76. The summed E-state index contributed by atoms with van der Waals surface area (Å²) in [5, 5.41) is 17.0. The van der Waals surface area contributed by atoms with Crippen LogP contribution in [0.1, 0.15) is 24.1 Å². The second kappa shape index (κ2) is 8.16. The fourth-order valence-electron chi connectivity index (χ4n) is 3.96. The van der Waals surface area contributed by atoms with Gasteiger partial charge < -0.3 is 10.6 Å². The van der Waals surface area contributed by atoms with Gasteiger partial charge in [-0.15, -0.1) is 4.80 Å². The molecule has 1 fully saturated rings. The van der Waals surface area contributed by atoms with Crippen LogP contribution in [0.2, 0.25) is 5.15 Å². The summed E-state index contributed by atoms with van der Waals surface area (Å²) in [7, 11) is 3.82. The van der Waals surface area contributed by atoms with Crippen molar-refractivity contribution in [2.75, 3.05) is 24.7 Å². The minimum atomic E-state index is -4.75. The van der Waals surface area contributed by atoms with Gasteiger partial charge in [0, 0.05) is 6.07 Å². The minimum absolute atomic E-state index is 0.169. The molecule has 5 rings (SSSR count). The van der Waals surface area contributed by atoms with Crippen LogP contribution in [0, 0.1) is 0 Å². The van der Waals surface area contributed by atoms with Crippen LogP contribution in [0.15, 0.2) is 36.9 Å². The smallest absolute Gasteiger partial charge is 0.306 e. The molecule has 0 aliphatic heterocycles. The molecule has 0 spiro atoms. The maximum absolute atomic E-state index is 13.7. The normalized spacial score (nSPS) is 14.9. The summed E-state index contributed by atoms with van der Waals surface area (Å²) in [5.74, 6) is -0.511. The summed E-state index contributed by atoms with van der Waals surface area (Å²) in [5.41, 5.74) is -0.150. The Balaban J connectivity index is 1.46. The Labute approximate surface area is 200 Å². The minimum Gasteiger partial charge on any atom is -0.306 e. The van der Waals surface area contributed by atoms with Crippen LogP contribution in [-0.4, -0.2) is 59.6 Å². The van der Waals surface area contributed by atoms with E-state index in [4.69, 9.17) is 11.6 Å². The summed E-state index contributed by atoms with van der Waals surface area (Å²) in [6, 6.07) is 1.59. The molecule has 1 saturated carbocycles. The summed E-state index contributed by atoms with van der Waals surface area (Å²) in [6.45, 7) is 0. The highest BCUT2D eigenvalue weighted by Crippen LogP contribution is 2.51. The maximum atomic E-state index is 13.7. The lowest BCUT2D eigenvalue weighted by Gasteiger charge is -2.26. The van der Waals surface area contributed by atoms with Gasteiger partial charge in [0.15, 0.2) is 16.6 Å². The van der Waals surface area contributed by atoms with Gasteiger partial charge in [0.1, 0.15) is 5.56 Å². The molecular weight excluding hydrogens is 489 g/mol. The molecule has 4 aromatic heterocycles. The molecule has 4 aromatic rings. The van der Waals surface area contributed by atoms with E-state index in [0.29, 0.717) is 17.0 Å². The summed E-state index contributed by atoms with van der Waals surface area (Å²) in [6.07, 6.45) is 1.90. The van der Waals surface area contributed by atoms with Crippen molar-refractivity contribution in [3.05, 3.63) is 53.3 Å². The Bertz CT molecular complexity index is 1410. The topological polar surface area (TPSA) is 118 Å². The van der Waals surface area contributed by atoms with Gasteiger partial charge in [0.2, 0.25) is 0 Å². The van der Waals surface area contributed by atoms with Crippen molar-refractivity contribution < 1.29 is 18.0 Å². The van der Waals surface area contributed by atoms with E-state index in [0.717, 1.165) is 29.9 Å². The zero-order valence-electron chi connectivity index (χ0n) is 18.4. The fraction of sp³-hybridized carbons (Fsp3) is 0.300. The number of hydrogen-bond donors (Lipinski definition) is 2. The van der Waals surface area contributed by atoms with Crippen molar-refractivity contribution in [2.24, 2.45) is 0 Å². The second-order valence-electron chi connectivity index (χ2n) is 8.17. The predicted molar refractivity (Wildman–Crippen MR) is 119 cm³/mol. The molecule has 11 nitrogen and oxygen atoms in total. The van der Waals surface area contributed by atoms with Crippen LogP contribution in [0.25, 0.3) is 11.5 Å². The van der Waals surface area contributed by atoms with Gasteiger partial charge in [-0.3, -0.25) is 4.90 Å². The van der Waals surface area contributed by atoms with Crippen molar-refractivity contribution in [2.45, 2.75) is 24.6 Å². The van der Waals surface area contributed by atoms with Gasteiger partial charge in [-0.1, -0.05) is 11.6 Å². The Morgan fingerprint density at radius 1 is 1.11 bits per heavy atom. The number of rotatable bonds is 5. The molecule has 0 atom stereocenters. The average Bonchev–Trinajstić information content (AvgIpc) is 3.22. The highest BCUT2D eigenvalue weighted by Gasteiger charge is 2.50. The third kappa shape index (κ3) is 4.14. The number of nitrogens with one attached hydrogen (secondary N) is 2. The van der Waals surface area contributed by atoms with Gasteiger partial charge >= 0.3 is 12.2 Å². The zero-order valence-corrected chi connectivity index (χ0v) is 19.1. The monoisotopic (exact) mass is 506 g/mol. The van der Waals surface area contributed by atoms with Crippen molar-refractivity contribution in [1.29, 1.82) is 0 Å². The van der Waals surface area contributed by atoms with E-state index >= 15 is 0 Å². The SMILES string of the molecule is CN(C)C1(c2c(NC(=O)Nc3cnc(-n4nccn4)c(C(F)(F)F)c3)cnc3cc(Cl)nn23)CC1. The van der Waals surface area contributed by atoms with E-state index in [-0.39, 0.29) is 10.8 Å². The lowest BCUT2D eigenvalue weighted by Crippen LogP contribution is -2.32. The number of fused-ring (bicyclic) bond motifs is 1. The second-order valence-corrected chi connectivity index (χ2v) is 8.56. The van der Waals surface area contributed by atoms with Crippen LogP contribution in [0.3, 0.4) is 0 Å². The van der Waals surface area contributed by atoms with Crippen LogP contribution < -0.4 is 10.6 Å². The molecule has 0 aromatic carbocycles. The first-order valence-electron chi connectivity index (χ1n) is 10.3. The first kappa shape index (κ1) is 23.0. The lowest BCUT2D eigenvalue weighted by atomic mass is 10.1. The number of halogens is 4. The zero-order chi connectivity index (χ0) is 25.0. The quantitative estimate of drug-likeness (QED) is 0.425. The van der Waals surface area contributed by atoms with Crippen molar-refractivity contribution in [1.82, 2.24) is 39.5 Å². The Kier molecular flexibility index (Phi) is 5.36. The number of aromatic nitrogens is 7. The molecule has 182 valence electrons. The van der Waals surface area contributed by atoms with Gasteiger partial charge in [0.05, 0.1) is 47.4 Å². The summed E-state index contributed by atoms with van der Waals surface area (Å²) < 4.78 is 42.5. The number of amides is 2. The molecule has 0 radical (unpaired) electrons. The van der Waals surface area contributed by atoms with E-state index in [1.807, 2.05) is 19.0 Å². The number of hydrogen-bond acceptors (Lipinski definition) is 7. The van der Waals surface area contributed by atoms with Gasteiger partial charge in [-0.25, -0.2) is 19.3 Å². The lowest BCUT2D eigenvalue weighted by molar-refractivity contribution is -0.137. The molecule has 0 unspecified atom stereocenters. The largest absolute Gasteiger partial charge is 0.420 e. The van der Waals surface area contributed by atoms with Crippen molar-refractivity contribution >= 4 is 34.7 Å². The first-order chi connectivity index (χ1) is 16.6. The van der Waals surface area contributed by atoms with Crippen LogP contribution in [-0.2, 0) is 11.7 Å². The molecule has 0 saturated heterocycles. The highest BCUT2D eigenvalue weighted by atomic mass is 35.5. The number of nitrogens with zero attached hydrogens (tertiary/aromatic N) is 8. The van der Waals surface area contributed by atoms with E-state index in [2.05, 4.69) is 35.9 Å². The van der Waals surface area contributed by atoms with Crippen LogP contribution in [0.5, 0.6) is 0 Å². The molecular formula is C20H18ClF3N10O. The number of urea groups is 1.